The number of methoxy groups -OCH3 is 1. The van der Waals surface area contributed by atoms with Gasteiger partial charge >= 0.3 is 0 Å². The summed E-state index contributed by atoms with van der Waals surface area (Å²) < 4.78 is 10.9. The quantitative estimate of drug-likeness (QED) is 0.617. The van der Waals surface area contributed by atoms with E-state index in [1.807, 2.05) is 42.5 Å². The molecular weight excluding hydrogens is 380 g/mol. The van der Waals surface area contributed by atoms with Crippen LogP contribution < -0.4 is 14.8 Å². The van der Waals surface area contributed by atoms with Crippen LogP contribution in [0, 0.1) is 0 Å². The van der Waals surface area contributed by atoms with Crippen molar-refractivity contribution in [2.45, 2.75) is 6.54 Å². The average Bonchev–Trinajstić information content (AvgIpc) is 2.78. The van der Waals surface area contributed by atoms with Crippen molar-refractivity contribution >= 4 is 17.5 Å². The van der Waals surface area contributed by atoms with Crippen LogP contribution in [0.5, 0.6) is 11.5 Å². The third-order valence-electron chi connectivity index (χ3n) is 4.49. The number of ether oxygens (including phenoxy) is 2. The number of hydrogen-bond acceptors (Lipinski definition) is 4. The second-order valence-corrected chi connectivity index (χ2v) is 6.71. The molecule has 0 aliphatic carbocycles. The fraction of sp³-hybridized carbons (Fsp3) is 0.167. The van der Waals surface area contributed by atoms with Crippen molar-refractivity contribution < 1.29 is 19.1 Å². The van der Waals surface area contributed by atoms with E-state index < -0.39 is 0 Å². The van der Waals surface area contributed by atoms with Gasteiger partial charge in [0.15, 0.2) is 6.61 Å². The Kier molecular flexibility index (Phi) is 7.05. The van der Waals surface area contributed by atoms with Gasteiger partial charge < -0.3 is 19.7 Å². The minimum absolute atomic E-state index is 0.171. The highest BCUT2D eigenvalue weighted by molar-refractivity contribution is 6.06. The van der Waals surface area contributed by atoms with E-state index in [0.29, 0.717) is 23.5 Å². The zero-order valence-corrected chi connectivity index (χ0v) is 17.0. The van der Waals surface area contributed by atoms with E-state index in [-0.39, 0.29) is 18.4 Å². The van der Waals surface area contributed by atoms with Gasteiger partial charge in [-0.05, 0) is 42.0 Å². The Hall–Kier alpha value is -3.80. The second-order valence-electron chi connectivity index (χ2n) is 6.71. The molecule has 154 valence electrons. The third-order valence-corrected chi connectivity index (χ3v) is 4.49. The number of nitrogens with zero attached hydrogens (tertiary/aromatic N) is 1. The summed E-state index contributed by atoms with van der Waals surface area (Å²) in [6.07, 6.45) is 0. The molecule has 3 aromatic carbocycles. The lowest BCUT2D eigenvalue weighted by Gasteiger charge is -2.18. The number of likely N-dealkylation sites (N-methyl/N-ethyl adjacent to an activating group) is 1. The van der Waals surface area contributed by atoms with Crippen molar-refractivity contribution in [1.82, 2.24) is 4.90 Å². The summed E-state index contributed by atoms with van der Waals surface area (Å²) >= 11 is 0. The number of carbonyl (C=O) groups excluding carboxylic acids is 2. The van der Waals surface area contributed by atoms with Crippen LogP contribution >= 0.6 is 0 Å². The first kappa shape index (κ1) is 20.9. The van der Waals surface area contributed by atoms with E-state index in [2.05, 4.69) is 5.32 Å². The molecule has 3 aromatic rings. The van der Waals surface area contributed by atoms with Crippen LogP contribution in [-0.4, -0.2) is 37.5 Å². The van der Waals surface area contributed by atoms with Crippen molar-refractivity contribution in [3.05, 3.63) is 90.0 Å². The summed E-state index contributed by atoms with van der Waals surface area (Å²) in [4.78, 5) is 26.7. The van der Waals surface area contributed by atoms with Crippen molar-refractivity contribution in [3.63, 3.8) is 0 Å². The van der Waals surface area contributed by atoms with Crippen molar-refractivity contribution in [2.75, 3.05) is 26.1 Å². The maximum atomic E-state index is 12.6. The van der Waals surface area contributed by atoms with Crippen LogP contribution in [0.4, 0.5) is 5.69 Å². The summed E-state index contributed by atoms with van der Waals surface area (Å²) in [7, 11) is 3.31. The molecule has 0 unspecified atom stereocenters. The molecule has 3 rings (SSSR count). The van der Waals surface area contributed by atoms with Gasteiger partial charge in [0.05, 0.1) is 12.7 Å². The first-order valence-corrected chi connectivity index (χ1v) is 9.52. The molecular formula is C24H24N2O4. The number of rotatable bonds is 8. The number of amides is 2. The van der Waals surface area contributed by atoms with Crippen LogP contribution in [0.25, 0.3) is 0 Å². The number of para-hydroxylation sites is 2. The van der Waals surface area contributed by atoms with Crippen molar-refractivity contribution in [1.29, 1.82) is 0 Å². The van der Waals surface area contributed by atoms with Gasteiger partial charge in [0.1, 0.15) is 11.5 Å². The average molecular weight is 404 g/mol. The zero-order chi connectivity index (χ0) is 21.3. The number of carbonyl (C=O) groups is 2. The molecule has 0 aliphatic rings. The molecule has 1 N–H and O–H groups in total. The fourth-order valence-electron chi connectivity index (χ4n) is 2.88. The molecule has 0 saturated carbocycles. The van der Waals surface area contributed by atoms with Gasteiger partial charge in [-0.1, -0.05) is 42.5 Å². The SMILES string of the molecule is COc1cccc(CN(C)C(=O)COc2ccccc2C(=O)Nc2ccccc2)c1. The standard InChI is InChI=1S/C24H24N2O4/c1-26(16-18-9-8-12-20(15-18)29-2)23(27)17-30-22-14-7-6-13-21(22)24(28)25-19-10-4-3-5-11-19/h3-15H,16-17H2,1-2H3,(H,25,28). The Morgan fingerprint density at radius 2 is 1.67 bits per heavy atom. The Balaban J connectivity index is 1.61. The molecule has 0 heterocycles. The molecule has 6 nitrogen and oxygen atoms in total. The summed E-state index contributed by atoms with van der Waals surface area (Å²) in [5.74, 6) is 0.599. The Labute approximate surface area is 176 Å². The maximum absolute atomic E-state index is 12.6. The number of benzene rings is 3. The number of hydrogen-bond donors (Lipinski definition) is 1. The predicted molar refractivity (Wildman–Crippen MR) is 116 cm³/mol. The zero-order valence-electron chi connectivity index (χ0n) is 17.0. The summed E-state index contributed by atoms with van der Waals surface area (Å²) in [6, 6.07) is 23.6. The normalized spacial score (nSPS) is 10.2. The monoisotopic (exact) mass is 404 g/mol. The minimum atomic E-state index is -0.297. The predicted octanol–water partition coefficient (Wildman–Crippen LogP) is 3.98. The summed E-state index contributed by atoms with van der Waals surface area (Å²) in [6.45, 7) is 0.256. The molecule has 0 fully saturated rings. The first-order chi connectivity index (χ1) is 14.6. The summed E-state index contributed by atoms with van der Waals surface area (Å²) in [5.41, 5.74) is 2.00. The molecule has 0 aromatic heterocycles. The summed E-state index contributed by atoms with van der Waals surface area (Å²) in [5, 5.41) is 2.83. The molecule has 0 radical (unpaired) electrons. The van der Waals surface area contributed by atoms with E-state index in [4.69, 9.17) is 9.47 Å². The third kappa shape index (κ3) is 5.61. The van der Waals surface area contributed by atoms with Gasteiger partial charge in [-0.2, -0.15) is 0 Å². The van der Waals surface area contributed by atoms with Crippen LogP contribution in [-0.2, 0) is 11.3 Å². The highest BCUT2D eigenvalue weighted by Gasteiger charge is 2.15. The van der Waals surface area contributed by atoms with Gasteiger partial charge in [0.2, 0.25) is 0 Å². The lowest BCUT2D eigenvalue weighted by molar-refractivity contribution is -0.132. The van der Waals surface area contributed by atoms with Crippen LogP contribution in [0.1, 0.15) is 15.9 Å². The minimum Gasteiger partial charge on any atom is -0.497 e. The highest BCUT2D eigenvalue weighted by Crippen LogP contribution is 2.20. The van der Waals surface area contributed by atoms with E-state index in [9.17, 15) is 9.59 Å². The van der Waals surface area contributed by atoms with Crippen molar-refractivity contribution in [2.24, 2.45) is 0 Å². The molecule has 0 spiro atoms. The molecule has 0 atom stereocenters. The van der Waals surface area contributed by atoms with E-state index in [1.54, 1.807) is 55.5 Å². The largest absolute Gasteiger partial charge is 0.497 e. The number of anilines is 1. The highest BCUT2D eigenvalue weighted by atomic mass is 16.5. The number of nitrogens with one attached hydrogen (secondary N) is 1. The molecule has 30 heavy (non-hydrogen) atoms. The van der Waals surface area contributed by atoms with Gasteiger partial charge in [0.25, 0.3) is 11.8 Å². The lowest BCUT2D eigenvalue weighted by Crippen LogP contribution is -2.31. The maximum Gasteiger partial charge on any atom is 0.260 e. The topological polar surface area (TPSA) is 67.9 Å². The molecule has 2 amide bonds. The van der Waals surface area contributed by atoms with Crippen LogP contribution in [0.15, 0.2) is 78.9 Å². The van der Waals surface area contributed by atoms with E-state index in [1.165, 1.54) is 0 Å². The Morgan fingerprint density at radius 1 is 0.933 bits per heavy atom. The van der Waals surface area contributed by atoms with Crippen LogP contribution in [0.2, 0.25) is 0 Å². The van der Waals surface area contributed by atoms with Crippen LogP contribution in [0.3, 0.4) is 0 Å². The molecule has 0 aliphatic heterocycles. The van der Waals surface area contributed by atoms with Crippen molar-refractivity contribution in [3.8, 4) is 11.5 Å². The van der Waals surface area contributed by atoms with Gasteiger partial charge in [0, 0.05) is 19.3 Å². The molecule has 0 saturated heterocycles. The first-order valence-electron chi connectivity index (χ1n) is 9.52. The fourth-order valence-corrected chi connectivity index (χ4v) is 2.88. The Morgan fingerprint density at radius 3 is 2.43 bits per heavy atom. The lowest BCUT2D eigenvalue weighted by atomic mass is 10.2. The smallest absolute Gasteiger partial charge is 0.260 e. The van der Waals surface area contributed by atoms with Gasteiger partial charge in [-0.3, -0.25) is 9.59 Å². The molecule has 6 heteroatoms. The molecule has 0 bridgehead atoms. The Bertz CT molecular complexity index is 1000. The van der Waals surface area contributed by atoms with E-state index >= 15 is 0 Å². The van der Waals surface area contributed by atoms with Gasteiger partial charge in [-0.15, -0.1) is 0 Å². The van der Waals surface area contributed by atoms with Gasteiger partial charge in [-0.25, -0.2) is 0 Å². The second kappa shape index (κ2) is 10.1. The van der Waals surface area contributed by atoms with E-state index in [0.717, 1.165) is 11.3 Å².